The highest BCUT2D eigenvalue weighted by molar-refractivity contribution is 8.14. The molecule has 6 heteroatoms. The summed E-state index contributed by atoms with van der Waals surface area (Å²) >= 11 is 1.62. The van der Waals surface area contributed by atoms with Crippen LogP contribution in [-0.4, -0.2) is 69.1 Å². The lowest BCUT2D eigenvalue weighted by Crippen LogP contribution is -2.53. The van der Waals surface area contributed by atoms with Crippen LogP contribution in [-0.2, 0) is 0 Å². The summed E-state index contributed by atoms with van der Waals surface area (Å²) in [6, 6.07) is -0.248. The SMILES string of the molecule is CC(O)C1CC2SC(N(C)C)=NC2C(O)C1O. The van der Waals surface area contributed by atoms with Gasteiger partial charge in [0.25, 0.3) is 0 Å². The molecule has 2 rings (SSSR count). The number of fused-ring (bicyclic) bond motifs is 1. The predicted molar refractivity (Wildman–Crippen MR) is 68.1 cm³/mol. The number of rotatable bonds is 1. The molecule has 1 aliphatic heterocycles. The lowest BCUT2D eigenvalue weighted by molar-refractivity contribution is -0.0835. The molecule has 0 bridgehead atoms. The quantitative estimate of drug-likeness (QED) is 0.593. The van der Waals surface area contributed by atoms with E-state index in [1.54, 1.807) is 18.7 Å². The van der Waals surface area contributed by atoms with Gasteiger partial charge in [-0.15, -0.1) is 0 Å². The number of nitrogens with zero attached hydrogens (tertiary/aromatic N) is 2. The molecular formula is C11H20N2O3S. The van der Waals surface area contributed by atoms with E-state index in [-0.39, 0.29) is 17.2 Å². The van der Waals surface area contributed by atoms with E-state index in [4.69, 9.17) is 0 Å². The fourth-order valence-electron chi connectivity index (χ4n) is 2.50. The van der Waals surface area contributed by atoms with Gasteiger partial charge in [0, 0.05) is 25.3 Å². The first-order chi connectivity index (χ1) is 7.91. The van der Waals surface area contributed by atoms with E-state index in [9.17, 15) is 15.3 Å². The van der Waals surface area contributed by atoms with Gasteiger partial charge in [-0.3, -0.25) is 4.99 Å². The number of amidine groups is 1. The summed E-state index contributed by atoms with van der Waals surface area (Å²) in [6.45, 7) is 1.66. The highest BCUT2D eigenvalue weighted by Crippen LogP contribution is 2.41. The van der Waals surface area contributed by atoms with E-state index in [0.29, 0.717) is 6.42 Å². The van der Waals surface area contributed by atoms with Crippen LogP contribution in [0.2, 0.25) is 0 Å². The van der Waals surface area contributed by atoms with E-state index < -0.39 is 18.3 Å². The molecular weight excluding hydrogens is 240 g/mol. The van der Waals surface area contributed by atoms with Gasteiger partial charge in [0.05, 0.1) is 18.2 Å². The Balaban J connectivity index is 2.15. The number of aliphatic hydroxyl groups excluding tert-OH is 3. The van der Waals surface area contributed by atoms with Crippen LogP contribution in [0.5, 0.6) is 0 Å². The summed E-state index contributed by atoms with van der Waals surface area (Å²) < 4.78 is 0. The molecule has 2 aliphatic rings. The topological polar surface area (TPSA) is 76.3 Å². The first kappa shape index (κ1) is 13.1. The molecule has 0 radical (unpaired) electrons. The molecule has 5 nitrogen and oxygen atoms in total. The lowest BCUT2D eigenvalue weighted by Gasteiger charge is -2.39. The zero-order chi connectivity index (χ0) is 12.7. The second-order valence-corrected chi connectivity index (χ2v) is 6.28. The van der Waals surface area contributed by atoms with E-state index in [1.165, 1.54) is 0 Å². The zero-order valence-corrected chi connectivity index (χ0v) is 11.1. The summed E-state index contributed by atoms with van der Waals surface area (Å²) in [5, 5.41) is 30.7. The summed E-state index contributed by atoms with van der Waals surface area (Å²) in [4.78, 5) is 6.36. The molecule has 1 heterocycles. The Kier molecular flexibility index (Phi) is 3.68. The van der Waals surface area contributed by atoms with E-state index >= 15 is 0 Å². The molecule has 0 saturated heterocycles. The zero-order valence-electron chi connectivity index (χ0n) is 10.3. The van der Waals surface area contributed by atoms with Crippen molar-refractivity contribution in [3.8, 4) is 0 Å². The first-order valence-corrected chi connectivity index (χ1v) is 6.75. The Hall–Kier alpha value is -0.300. The number of aliphatic imine (C=N–C) groups is 1. The molecule has 1 saturated carbocycles. The Morgan fingerprint density at radius 2 is 2.00 bits per heavy atom. The molecule has 98 valence electrons. The molecule has 0 aromatic carbocycles. The Morgan fingerprint density at radius 1 is 1.35 bits per heavy atom. The maximum atomic E-state index is 10.1. The third-order valence-corrected chi connectivity index (χ3v) is 5.00. The highest BCUT2D eigenvalue weighted by atomic mass is 32.2. The second kappa shape index (κ2) is 4.76. The Morgan fingerprint density at radius 3 is 2.53 bits per heavy atom. The van der Waals surface area contributed by atoms with Crippen LogP contribution in [0.25, 0.3) is 0 Å². The average molecular weight is 260 g/mol. The predicted octanol–water partition coefficient (Wildman–Crippen LogP) is -0.490. The summed E-state index contributed by atoms with van der Waals surface area (Å²) in [6.07, 6.45) is -1.68. The first-order valence-electron chi connectivity index (χ1n) is 5.87. The molecule has 0 aromatic rings. The van der Waals surface area contributed by atoms with Gasteiger partial charge in [-0.25, -0.2) is 0 Å². The van der Waals surface area contributed by atoms with Gasteiger partial charge in [-0.05, 0) is 13.3 Å². The lowest BCUT2D eigenvalue weighted by atomic mass is 9.78. The van der Waals surface area contributed by atoms with Gasteiger partial charge in [-0.1, -0.05) is 11.8 Å². The molecule has 1 aliphatic carbocycles. The van der Waals surface area contributed by atoms with Crippen molar-refractivity contribution >= 4 is 16.9 Å². The van der Waals surface area contributed by atoms with Crippen molar-refractivity contribution in [2.24, 2.45) is 10.9 Å². The van der Waals surface area contributed by atoms with Crippen LogP contribution in [0.3, 0.4) is 0 Å². The maximum absolute atomic E-state index is 10.1. The van der Waals surface area contributed by atoms with Gasteiger partial charge in [0.2, 0.25) is 0 Å². The van der Waals surface area contributed by atoms with Crippen LogP contribution in [0.1, 0.15) is 13.3 Å². The number of hydrogen-bond donors (Lipinski definition) is 3. The second-order valence-electron chi connectivity index (χ2n) is 5.07. The summed E-state index contributed by atoms with van der Waals surface area (Å²) in [5.41, 5.74) is 0. The molecule has 1 fully saturated rings. The minimum Gasteiger partial charge on any atom is -0.393 e. The van der Waals surface area contributed by atoms with Gasteiger partial charge in [0.1, 0.15) is 6.10 Å². The Bertz CT molecular complexity index is 322. The standard InChI is InChI=1S/C11H20N2O3S/c1-5(14)6-4-7-8(10(16)9(6)15)12-11(17-7)13(2)3/h5-10,14-16H,4H2,1-3H3. The van der Waals surface area contributed by atoms with Gasteiger partial charge >= 0.3 is 0 Å². The summed E-state index contributed by atoms with van der Waals surface area (Å²) in [5.74, 6) is -0.268. The Labute approximate surface area is 106 Å². The van der Waals surface area contributed by atoms with Crippen LogP contribution in [0.4, 0.5) is 0 Å². The number of thioether (sulfide) groups is 1. The minimum absolute atomic E-state index is 0.158. The molecule has 0 amide bonds. The molecule has 3 N–H and O–H groups in total. The highest BCUT2D eigenvalue weighted by Gasteiger charge is 2.48. The number of aliphatic hydroxyl groups is 3. The smallest absolute Gasteiger partial charge is 0.159 e. The van der Waals surface area contributed by atoms with E-state index in [0.717, 1.165) is 5.17 Å². The minimum atomic E-state index is -0.887. The van der Waals surface area contributed by atoms with Gasteiger partial charge < -0.3 is 20.2 Å². The van der Waals surface area contributed by atoms with Crippen LogP contribution >= 0.6 is 11.8 Å². The monoisotopic (exact) mass is 260 g/mol. The number of hydrogen-bond acceptors (Lipinski definition) is 6. The molecule has 0 aromatic heterocycles. The van der Waals surface area contributed by atoms with Gasteiger partial charge in [-0.2, -0.15) is 0 Å². The van der Waals surface area contributed by atoms with Gasteiger partial charge in [0.15, 0.2) is 5.17 Å². The van der Waals surface area contributed by atoms with Crippen LogP contribution in [0, 0.1) is 5.92 Å². The normalized spacial score (nSPS) is 42.9. The molecule has 6 atom stereocenters. The van der Waals surface area contributed by atoms with Crippen LogP contribution in [0.15, 0.2) is 4.99 Å². The van der Waals surface area contributed by atoms with E-state index in [1.807, 2.05) is 19.0 Å². The third kappa shape index (κ3) is 2.31. The van der Waals surface area contributed by atoms with E-state index in [2.05, 4.69) is 4.99 Å². The van der Waals surface area contributed by atoms with Crippen molar-refractivity contribution in [2.45, 2.75) is 42.9 Å². The summed E-state index contributed by atoms with van der Waals surface area (Å²) in [7, 11) is 3.83. The molecule has 6 unspecified atom stereocenters. The fourth-order valence-corrected chi connectivity index (χ4v) is 3.84. The average Bonchev–Trinajstić information content (AvgIpc) is 2.67. The van der Waals surface area contributed by atoms with Crippen molar-refractivity contribution in [1.82, 2.24) is 4.90 Å². The third-order valence-electron chi connectivity index (χ3n) is 3.54. The largest absolute Gasteiger partial charge is 0.393 e. The fraction of sp³-hybridized carbons (Fsp3) is 0.909. The maximum Gasteiger partial charge on any atom is 0.159 e. The van der Waals surface area contributed by atoms with Crippen LogP contribution < -0.4 is 0 Å². The van der Waals surface area contributed by atoms with Crippen molar-refractivity contribution in [3.63, 3.8) is 0 Å². The van der Waals surface area contributed by atoms with Crippen molar-refractivity contribution in [1.29, 1.82) is 0 Å². The molecule has 17 heavy (non-hydrogen) atoms. The van der Waals surface area contributed by atoms with Crippen molar-refractivity contribution < 1.29 is 15.3 Å². The molecule has 0 spiro atoms. The van der Waals surface area contributed by atoms with Crippen molar-refractivity contribution in [3.05, 3.63) is 0 Å². The van der Waals surface area contributed by atoms with Crippen molar-refractivity contribution in [2.75, 3.05) is 14.1 Å².